The fraction of sp³-hybridized carbons (Fsp3) is 0.200. The number of aliphatic hydroxyl groups excluding tert-OH is 1. The molecule has 3 rings (SSSR count). The number of esters is 1. The van der Waals surface area contributed by atoms with E-state index in [9.17, 15) is 9.59 Å². The first-order valence-electron chi connectivity index (χ1n) is 8.38. The predicted molar refractivity (Wildman–Crippen MR) is 103 cm³/mol. The molecule has 0 fully saturated rings. The summed E-state index contributed by atoms with van der Waals surface area (Å²) in [5.74, 6) is -0.921. The Morgan fingerprint density at radius 2 is 1.93 bits per heavy atom. The summed E-state index contributed by atoms with van der Waals surface area (Å²) in [4.78, 5) is 26.1. The summed E-state index contributed by atoms with van der Waals surface area (Å²) in [6.07, 6.45) is 0. The topological polar surface area (TPSA) is 78.9 Å². The second-order valence-corrected chi connectivity index (χ2v) is 6.45. The van der Waals surface area contributed by atoms with E-state index in [1.165, 1.54) is 12.0 Å². The van der Waals surface area contributed by atoms with Gasteiger partial charge < -0.3 is 20.1 Å². The molecule has 0 saturated heterocycles. The van der Waals surface area contributed by atoms with Crippen molar-refractivity contribution in [2.45, 2.75) is 0 Å². The first-order valence-corrected chi connectivity index (χ1v) is 8.76. The molecule has 1 heterocycles. The molecule has 6 nitrogen and oxygen atoms in total. The monoisotopic (exact) mass is 386 g/mol. The highest BCUT2D eigenvalue weighted by molar-refractivity contribution is 6.30. The average molecular weight is 387 g/mol. The molecular formula is C20H19ClN2O4. The molecule has 2 aromatic rings. The number of amides is 1. The first-order chi connectivity index (χ1) is 13.0. The summed E-state index contributed by atoms with van der Waals surface area (Å²) in [6, 6.07) is 14.9. The lowest BCUT2D eigenvalue weighted by Gasteiger charge is -2.15. The van der Waals surface area contributed by atoms with E-state index in [0.29, 0.717) is 10.7 Å². The molecule has 0 saturated carbocycles. The highest BCUT2D eigenvalue weighted by Crippen LogP contribution is 2.27. The maximum absolute atomic E-state index is 12.6. The number of carbonyl (C=O) groups excluding carboxylic acids is 2. The highest BCUT2D eigenvalue weighted by atomic mass is 35.5. The van der Waals surface area contributed by atoms with E-state index < -0.39 is 5.97 Å². The molecule has 0 unspecified atom stereocenters. The minimum absolute atomic E-state index is 0.0996. The van der Waals surface area contributed by atoms with Crippen LogP contribution >= 0.6 is 11.6 Å². The van der Waals surface area contributed by atoms with E-state index in [1.807, 2.05) is 36.4 Å². The minimum atomic E-state index is -0.572. The third kappa shape index (κ3) is 4.13. The minimum Gasteiger partial charge on any atom is -0.466 e. The summed E-state index contributed by atoms with van der Waals surface area (Å²) in [5.41, 5.74) is 2.92. The van der Waals surface area contributed by atoms with Crippen LogP contribution in [0.1, 0.15) is 0 Å². The average Bonchev–Trinajstić information content (AvgIpc) is 2.98. The molecule has 0 spiro atoms. The van der Waals surface area contributed by atoms with Crippen LogP contribution < -0.4 is 5.32 Å². The van der Waals surface area contributed by atoms with E-state index in [1.54, 1.807) is 12.1 Å². The zero-order chi connectivity index (χ0) is 19.4. The lowest BCUT2D eigenvalue weighted by molar-refractivity contribution is -0.136. The second-order valence-electron chi connectivity index (χ2n) is 6.01. The molecule has 1 aliphatic heterocycles. The van der Waals surface area contributed by atoms with Crippen LogP contribution in [0.2, 0.25) is 5.02 Å². The Bertz CT molecular complexity index is 910. The van der Waals surface area contributed by atoms with Crippen LogP contribution in [0.15, 0.2) is 59.8 Å². The van der Waals surface area contributed by atoms with Gasteiger partial charge in [-0.2, -0.15) is 0 Å². The van der Waals surface area contributed by atoms with Gasteiger partial charge in [-0.3, -0.25) is 4.79 Å². The fourth-order valence-electron chi connectivity index (χ4n) is 2.94. The van der Waals surface area contributed by atoms with Gasteiger partial charge in [0.1, 0.15) is 5.70 Å². The SMILES string of the molecule is COC(=O)C1=C(Nc2cccc(-c3cccc(Cl)c3)c2)C(=O)N(CCO)C1. The summed E-state index contributed by atoms with van der Waals surface area (Å²) >= 11 is 6.06. The van der Waals surface area contributed by atoms with Crippen molar-refractivity contribution >= 4 is 29.2 Å². The summed E-state index contributed by atoms with van der Waals surface area (Å²) in [7, 11) is 1.27. The van der Waals surface area contributed by atoms with Gasteiger partial charge in [0.05, 0.1) is 25.8 Å². The lowest BCUT2D eigenvalue weighted by Crippen LogP contribution is -2.31. The Hall–Kier alpha value is -2.83. The van der Waals surface area contributed by atoms with E-state index in [2.05, 4.69) is 5.32 Å². The number of aliphatic hydroxyl groups is 1. The number of benzene rings is 2. The third-order valence-corrected chi connectivity index (χ3v) is 4.48. The summed E-state index contributed by atoms with van der Waals surface area (Å²) in [6.45, 7) is 0.0627. The molecule has 0 aromatic heterocycles. The molecule has 1 amide bonds. The summed E-state index contributed by atoms with van der Waals surface area (Å²) in [5, 5.41) is 12.8. The number of β-amino-alcohol motifs (C(OH)–C–C–N with tert-alkyl or cyclic N) is 1. The van der Waals surface area contributed by atoms with Gasteiger partial charge in [-0.25, -0.2) is 4.79 Å². The van der Waals surface area contributed by atoms with Crippen LogP contribution in [-0.2, 0) is 14.3 Å². The van der Waals surface area contributed by atoms with Crippen molar-refractivity contribution < 1.29 is 19.4 Å². The van der Waals surface area contributed by atoms with Gasteiger partial charge in [0.15, 0.2) is 0 Å². The maximum atomic E-state index is 12.6. The van der Waals surface area contributed by atoms with Crippen molar-refractivity contribution in [3.8, 4) is 11.1 Å². The number of hydrogen-bond acceptors (Lipinski definition) is 5. The van der Waals surface area contributed by atoms with Crippen LogP contribution in [0.25, 0.3) is 11.1 Å². The number of nitrogens with one attached hydrogen (secondary N) is 1. The molecule has 2 aromatic carbocycles. The van der Waals surface area contributed by atoms with Gasteiger partial charge in [-0.1, -0.05) is 35.9 Å². The molecule has 140 valence electrons. The van der Waals surface area contributed by atoms with E-state index >= 15 is 0 Å². The Labute approximate surface area is 162 Å². The normalized spacial score (nSPS) is 13.9. The molecule has 0 aliphatic carbocycles. The van der Waals surface area contributed by atoms with Crippen LogP contribution in [-0.4, -0.2) is 48.7 Å². The van der Waals surface area contributed by atoms with Crippen molar-refractivity contribution in [2.75, 3.05) is 32.1 Å². The standard InChI is InChI=1S/C20H19ClN2O4/c1-27-20(26)17-12-23(8-9-24)19(25)18(17)22-16-7-3-5-14(11-16)13-4-2-6-15(21)10-13/h2-7,10-11,22,24H,8-9,12H2,1H3. The van der Waals surface area contributed by atoms with Crippen molar-refractivity contribution in [1.82, 2.24) is 4.90 Å². The maximum Gasteiger partial charge on any atom is 0.337 e. The number of nitrogens with zero attached hydrogens (tertiary/aromatic N) is 1. The Morgan fingerprint density at radius 1 is 1.22 bits per heavy atom. The zero-order valence-corrected chi connectivity index (χ0v) is 15.5. The quantitative estimate of drug-likeness (QED) is 0.746. The summed E-state index contributed by atoms with van der Waals surface area (Å²) < 4.78 is 4.79. The molecule has 1 aliphatic rings. The largest absolute Gasteiger partial charge is 0.466 e. The smallest absolute Gasteiger partial charge is 0.337 e. The Morgan fingerprint density at radius 3 is 2.59 bits per heavy atom. The van der Waals surface area contributed by atoms with Crippen LogP contribution in [0.5, 0.6) is 0 Å². The molecule has 0 atom stereocenters. The van der Waals surface area contributed by atoms with Gasteiger partial charge in [0.2, 0.25) is 0 Å². The van der Waals surface area contributed by atoms with Crippen LogP contribution in [0, 0.1) is 0 Å². The van der Waals surface area contributed by atoms with Gasteiger partial charge >= 0.3 is 5.97 Å². The van der Waals surface area contributed by atoms with Crippen LogP contribution in [0.3, 0.4) is 0 Å². The number of halogens is 1. The number of anilines is 1. The van der Waals surface area contributed by atoms with Crippen molar-refractivity contribution in [3.63, 3.8) is 0 Å². The number of ether oxygens (including phenoxy) is 1. The van der Waals surface area contributed by atoms with Crippen molar-refractivity contribution in [2.24, 2.45) is 0 Å². The fourth-order valence-corrected chi connectivity index (χ4v) is 3.13. The molecule has 7 heteroatoms. The second kappa shape index (κ2) is 8.24. The molecule has 2 N–H and O–H groups in total. The molecule has 0 bridgehead atoms. The van der Waals surface area contributed by atoms with Gasteiger partial charge in [0.25, 0.3) is 5.91 Å². The van der Waals surface area contributed by atoms with Crippen LogP contribution in [0.4, 0.5) is 5.69 Å². The predicted octanol–water partition coefficient (Wildman–Crippen LogP) is 2.68. The lowest BCUT2D eigenvalue weighted by atomic mass is 10.1. The van der Waals surface area contributed by atoms with E-state index in [-0.39, 0.29) is 36.9 Å². The molecular weight excluding hydrogens is 368 g/mol. The van der Waals surface area contributed by atoms with Crippen molar-refractivity contribution in [1.29, 1.82) is 0 Å². The van der Waals surface area contributed by atoms with Gasteiger partial charge in [-0.05, 0) is 35.4 Å². The Kier molecular flexibility index (Phi) is 5.78. The molecule has 0 radical (unpaired) electrons. The zero-order valence-electron chi connectivity index (χ0n) is 14.7. The van der Waals surface area contributed by atoms with Gasteiger partial charge in [0, 0.05) is 17.3 Å². The number of methoxy groups -OCH3 is 1. The Balaban J connectivity index is 1.91. The van der Waals surface area contributed by atoms with Crippen molar-refractivity contribution in [3.05, 3.63) is 64.8 Å². The highest BCUT2D eigenvalue weighted by Gasteiger charge is 2.34. The number of rotatable bonds is 6. The number of carbonyl (C=O) groups is 2. The first kappa shape index (κ1) is 18.9. The van der Waals surface area contributed by atoms with E-state index in [0.717, 1.165) is 11.1 Å². The van der Waals surface area contributed by atoms with Gasteiger partial charge in [-0.15, -0.1) is 0 Å². The van der Waals surface area contributed by atoms with E-state index in [4.69, 9.17) is 21.4 Å². The third-order valence-electron chi connectivity index (χ3n) is 4.24. The molecule has 27 heavy (non-hydrogen) atoms. The number of hydrogen-bond donors (Lipinski definition) is 2.